The van der Waals surface area contributed by atoms with Crippen molar-refractivity contribution in [2.24, 2.45) is 11.8 Å². The molecule has 0 spiro atoms. The van der Waals surface area contributed by atoms with E-state index in [4.69, 9.17) is 4.74 Å². The minimum atomic E-state index is -1.41. The Hall–Kier alpha value is -2.83. The average Bonchev–Trinajstić information content (AvgIpc) is 3.40. The molecule has 7 nitrogen and oxygen atoms in total. The normalized spacial score (nSPS) is 22.0. The van der Waals surface area contributed by atoms with E-state index < -0.39 is 6.16 Å². The van der Waals surface area contributed by atoms with Crippen molar-refractivity contribution in [2.45, 2.75) is 64.3 Å². The van der Waals surface area contributed by atoms with Crippen molar-refractivity contribution in [3.63, 3.8) is 0 Å². The molecule has 30 heavy (non-hydrogen) atoms. The Labute approximate surface area is 176 Å². The number of para-hydroxylation sites is 1. The van der Waals surface area contributed by atoms with Crippen molar-refractivity contribution in [3.8, 4) is 11.4 Å². The van der Waals surface area contributed by atoms with E-state index in [0.29, 0.717) is 11.7 Å². The van der Waals surface area contributed by atoms with E-state index in [9.17, 15) is 14.7 Å². The third-order valence-electron chi connectivity index (χ3n) is 6.40. The molecule has 0 bridgehead atoms. The van der Waals surface area contributed by atoms with Crippen molar-refractivity contribution < 1.29 is 19.4 Å². The fraction of sp³-hybridized carbons (Fsp3) is 0.522. The maximum Gasteiger partial charge on any atom is 0.511 e. The molecule has 1 aromatic carbocycles. The summed E-state index contributed by atoms with van der Waals surface area (Å²) < 4.78 is 6.67. The summed E-state index contributed by atoms with van der Waals surface area (Å²) in [6.45, 7) is 2.23. The lowest BCUT2D eigenvalue weighted by molar-refractivity contribution is -0.124. The number of carbonyl (C=O) groups excluding carboxylic acids is 1. The summed E-state index contributed by atoms with van der Waals surface area (Å²) in [5.74, 6) is 1.09. The Morgan fingerprint density at radius 3 is 2.37 bits per heavy atom. The lowest BCUT2D eigenvalue weighted by atomic mass is 9.82. The molecular formula is C23H29N3O4. The van der Waals surface area contributed by atoms with E-state index in [1.54, 1.807) is 15.8 Å². The number of benzene rings is 1. The first-order valence-corrected chi connectivity index (χ1v) is 10.9. The zero-order chi connectivity index (χ0) is 21.1. The molecule has 4 rings (SSSR count). The summed E-state index contributed by atoms with van der Waals surface area (Å²) in [6.07, 6.45) is 7.91. The topological polar surface area (TPSA) is 84.7 Å². The summed E-state index contributed by atoms with van der Waals surface area (Å²) in [5.41, 5.74) is 0.782. The number of nitrogens with zero attached hydrogens (tertiary/aromatic N) is 3. The second-order valence-electron chi connectivity index (χ2n) is 8.57. The fourth-order valence-electron chi connectivity index (χ4n) is 4.72. The molecule has 2 fully saturated rings. The lowest BCUT2D eigenvalue weighted by Crippen LogP contribution is -2.44. The number of carbonyl (C=O) groups is 2. The number of anilines is 1. The minimum absolute atomic E-state index is 0.0344. The van der Waals surface area contributed by atoms with Crippen molar-refractivity contribution >= 4 is 17.9 Å². The molecule has 0 radical (unpaired) electrons. The van der Waals surface area contributed by atoms with Gasteiger partial charge in [-0.1, -0.05) is 38.0 Å². The van der Waals surface area contributed by atoms with Crippen molar-refractivity contribution in [2.75, 3.05) is 4.90 Å². The molecule has 0 atom stereocenters. The molecule has 2 aliphatic rings. The van der Waals surface area contributed by atoms with E-state index in [2.05, 4.69) is 12.0 Å². The number of aromatic nitrogens is 2. The number of carboxylic acid groups (broad SMARTS) is 1. The average molecular weight is 412 g/mol. The van der Waals surface area contributed by atoms with E-state index in [1.807, 2.05) is 30.3 Å². The second-order valence-corrected chi connectivity index (χ2v) is 8.57. The van der Waals surface area contributed by atoms with Gasteiger partial charge in [0.2, 0.25) is 11.7 Å². The van der Waals surface area contributed by atoms with Gasteiger partial charge in [-0.3, -0.25) is 9.69 Å². The molecule has 2 aliphatic carbocycles. The van der Waals surface area contributed by atoms with Crippen molar-refractivity contribution in [3.05, 3.63) is 36.5 Å². The molecule has 0 saturated heterocycles. The van der Waals surface area contributed by atoms with Gasteiger partial charge in [0.25, 0.3) is 0 Å². The number of ether oxygens (including phenoxy) is 1. The van der Waals surface area contributed by atoms with E-state index >= 15 is 0 Å². The maximum absolute atomic E-state index is 13.6. The molecule has 160 valence electrons. The molecule has 1 N–H and O–H groups in total. The van der Waals surface area contributed by atoms with E-state index in [-0.39, 0.29) is 23.6 Å². The summed E-state index contributed by atoms with van der Waals surface area (Å²) in [6, 6.07) is 9.47. The highest BCUT2D eigenvalue weighted by Gasteiger charge is 2.37. The predicted molar refractivity (Wildman–Crippen MR) is 113 cm³/mol. The standard InChI is InChI=1S/C23H29N3O4/c1-16-11-13-17(14-12-16)22(27)26(19-9-5-6-10-19)21-20(30-23(28)29)15-25(24-21)18-7-3-2-4-8-18/h2-4,7-8,15-17,19H,5-6,9-14H2,1H3,(H,28,29). The molecule has 0 unspecified atom stereocenters. The van der Waals surface area contributed by atoms with Crippen molar-refractivity contribution in [1.29, 1.82) is 0 Å². The summed E-state index contributed by atoms with van der Waals surface area (Å²) in [7, 11) is 0. The monoisotopic (exact) mass is 411 g/mol. The SMILES string of the molecule is CC1CCC(C(=O)N(c2nn(-c3ccccc3)cc2OC(=O)O)C2CCCC2)CC1. The van der Waals surface area contributed by atoms with Crippen LogP contribution in [-0.4, -0.2) is 33.0 Å². The first-order chi connectivity index (χ1) is 14.5. The van der Waals surface area contributed by atoms with Crippen LogP contribution < -0.4 is 9.64 Å². The minimum Gasteiger partial charge on any atom is -0.449 e. The zero-order valence-electron chi connectivity index (χ0n) is 17.4. The van der Waals surface area contributed by atoms with Gasteiger partial charge in [-0.05, 0) is 56.6 Å². The molecule has 7 heteroatoms. The highest BCUT2D eigenvalue weighted by Crippen LogP contribution is 2.38. The van der Waals surface area contributed by atoms with Crippen LogP contribution in [0.1, 0.15) is 58.3 Å². The van der Waals surface area contributed by atoms with Crippen LogP contribution in [0, 0.1) is 11.8 Å². The Bertz CT molecular complexity index is 881. The fourth-order valence-corrected chi connectivity index (χ4v) is 4.72. The Morgan fingerprint density at radius 2 is 1.73 bits per heavy atom. The Kier molecular flexibility index (Phi) is 6.06. The van der Waals surface area contributed by atoms with Gasteiger partial charge >= 0.3 is 6.16 Å². The van der Waals surface area contributed by atoms with Crippen molar-refractivity contribution in [1.82, 2.24) is 9.78 Å². The third-order valence-corrected chi connectivity index (χ3v) is 6.40. The highest BCUT2D eigenvalue weighted by molar-refractivity contribution is 5.96. The van der Waals surface area contributed by atoms with Gasteiger partial charge in [0, 0.05) is 12.0 Å². The predicted octanol–water partition coefficient (Wildman–Crippen LogP) is 5.03. The maximum atomic E-state index is 13.6. The number of amides is 1. The van der Waals surface area contributed by atoms with Gasteiger partial charge in [-0.25, -0.2) is 9.48 Å². The van der Waals surface area contributed by atoms with Crippen LogP contribution in [-0.2, 0) is 4.79 Å². The molecule has 1 amide bonds. The smallest absolute Gasteiger partial charge is 0.449 e. The molecule has 1 heterocycles. The van der Waals surface area contributed by atoms with Crippen LogP contribution in [0.25, 0.3) is 5.69 Å². The van der Waals surface area contributed by atoms with E-state index in [1.165, 1.54) is 0 Å². The molecule has 2 aromatic rings. The van der Waals surface area contributed by atoms with E-state index in [0.717, 1.165) is 57.1 Å². The van der Waals surface area contributed by atoms with Crippen LogP contribution in [0.5, 0.6) is 5.75 Å². The van der Waals surface area contributed by atoms with Crippen LogP contribution in [0.4, 0.5) is 10.6 Å². The van der Waals surface area contributed by atoms with Crippen LogP contribution in [0.15, 0.2) is 36.5 Å². The quantitative estimate of drug-likeness (QED) is 0.698. The molecule has 2 saturated carbocycles. The highest BCUT2D eigenvalue weighted by atomic mass is 16.7. The first kappa shape index (κ1) is 20.4. The Morgan fingerprint density at radius 1 is 1.07 bits per heavy atom. The molecule has 1 aromatic heterocycles. The third kappa shape index (κ3) is 4.35. The van der Waals surface area contributed by atoms with Crippen LogP contribution >= 0.6 is 0 Å². The largest absolute Gasteiger partial charge is 0.511 e. The number of hydrogen-bond acceptors (Lipinski definition) is 4. The van der Waals surface area contributed by atoms with Gasteiger partial charge in [0.05, 0.1) is 11.9 Å². The Balaban J connectivity index is 1.72. The number of rotatable bonds is 5. The van der Waals surface area contributed by atoms with Gasteiger partial charge in [-0.2, -0.15) is 0 Å². The number of hydrogen-bond donors (Lipinski definition) is 1. The zero-order valence-corrected chi connectivity index (χ0v) is 17.4. The first-order valence-electron chi connectivity index (χ1n) is 10.9. The summed E-state index contributed by atoms with van der Waals surface area (Å²) in [5, 5.41) is 13.9. The lowest BCUT2D eigenvalue weighted by Gasteiger charge is -2.33. The summed E-state index contributed by atoms with van der Waals surface area (Å²) >= 11 is 0. The van der Waals surface area contributed by atoms with Gasteiger partial charge < -0.3 is 9.84 Å². The van der Waals surface area contributed by atoms with Crippen LogP contribution in [0.2, 0.25) is 0 Å². The summed E-state index contributed by atoms with van der Waals surface area (Å²) in [4.78, 5) is 26.8. The van der Waals surface area contributed by atoms with Crippen LogP contribution in [0.3, 0.4) is 0 Å². The van der Waals surface area contributed by atoms with Gasteiger partial charge in [0.1, 0.15) is 0 Å². The molecular weight excluding hydrogens is 382 g/mol. The second kappa shape index (κ2) is 8.90. The van der Waals surface area contributed by atoms with Gasteiger partial charge in [-0.15, -0.1) is 5.10 Å². The molecule has 0 aliphatic heterocycles. The van der Waals surface area contributed by atoms with Gasteiger partial charge in [0.15, 0.2) is 5.75 Å².